The molecule has 0 fully saturated rings. The molecular formula is C25H24BrN5OS. The number of rotatable bonds is 7. The van der Waals surface area contributed by atoms with Gasteiger partial charge in [0, 0.05) is 21.6 Å². The van der Waals surface area contributed by atoms with Crippen LogP contribution < -0.4 is 10.6 Å². The van der Waals surface area contributed by atoms with Crippen molar-refractivity contribution in [3.05, 3.63) is 99.8 Å². The van der Waals surface area contributed by atoms with Crippen LogP contribution in [0.15, 0.2) is 82.4 Å². The maximum Gasteiger partial charge on any atom is 0.319 e. The molecule has 0 saturated heterocycles. The molecule has 0 spiro atoms. The number of amides is 2. The van der Waals surface area contributed by atoms with Crippen LogP contribution in [0.25, 0.3) is 5.69 Å². The Kier molecular flexibility index (Phi) is 7.47. The van der Waals surface area contributed by atoms with Crippen LogP contribution in [0.3, 0.4) is 0 Å². The Morgan fingerprint density at radius 2 is 1.79 bits per heavy atom. The third-order valence-corrected chi connectivity index (χ3v) is 6.57. The maximum atomic E-state index is 12.4. The molecule has 8 heteroatoms. The summed E-state index contributed by atoms with van der Waals surface area (Å²) < 4.78 is 2.90. The number of carbonyl (C=O) groups is 1. The highest BCUT2D eigenvalue weighted by Crippen LogP contribution is 2.26. The Morgan fingerprint density at radius 1 is 1.00 bits per heavy atom. The molecule has 2 N–H and O–H groups in total. The summed E-state index contributed by atoms with van der Waals surface area (Å²) in [5, 5.41) is 15.3. The van der Waals surface area contributed by atoms with Gasteiger partial charge in [0.15, 0.2) is 11.0 Å². The molecule has 0 aliphatic carbocycles. The summed E-state index contributed by atoms with van der Waals surface area (Å²) in [4.78, 5) is 12.4. The van der Waals surface area contributed by atoms with Crippen LogP contribution in [0.5, 0.6) is 0 Å². The third kappa shape index (κ3) is 6.03. The van der Waals surface area contributed by atoms with Crippen molar-refractivity contribution >= 4 is 39.4 Å². The topological polar surface area (TPSA) is 71.8 Å². The second-order valence-electron chi connectivity index (χ2n) is 7.60. The number of urea groups is 1. The lowest BCUT2D eigenvalue weighted by atomic mass is 10.1. The summed E-state index contributed by atoms with van der Waals surface area (Å²) >= 11 is 5.04. The van der Waals surface area contributed by atoms with Gasteiger partial charge in [-0.05, 0) is 55.3 Å². The predicted molar refractivity (Wildman–Crippen MR) is 137 cm³/mol. The molecule has 33 heavy (non-hydrogen) atoms. The van der Waals surface area contributed by atoms with E-state index in [1.807, 2.05) is 53.1 Å². The van der Waals surface area contributed by atoms with E-state index in [4.69, 9.17) is 0 Å². The van der Waals surface area contributed by atoms with E-state index in [1.54, 1.807) is 11.8 Å². The zero-order chi connectivity index (χ0) is 23.2. The number of anilines is 1. The number of halogens is 1. The van der Waals surface area contributed by atoms with E-state index in [2.05, 4.69) is 74.9 Å². The second kappa shape index (κ2) is 10.7. The van der Waals surface area contributed by atoms with Crippen molar-refractivity contribution < 1.29 is 4.79 Å². The highest BCUT2D eigenvalue weighted by Gasteiger charge is 2.16. The number of nitrogens with one attached hydrogen (secondary N) is 2. The maximum absolute atomic E-state index is 12.4. The first-order valence-corrected chi connectivity index (χ1v) is 12.3. The first-order valence-electron chi connectivity index (χ1n) is 10.5. The van der Waals surface area contributed by atoms with Gasteiger partial charge in [0.2, 0.25) is 0 Å². The molecule has 1 heterocycles. The molecule has 6 nitrogen and oxygen atoms in total. The van der Waals surface area contributed by atoms with Crippen LogP contribution in [-0.2, 0) is 12.3 Å². The Bertz CT molecular complexity index is 1260. The van der Waals surface area contributed by atoms with Crippen LogP contribution in [0.2, 0.25) is 0 Å². The van der Waals surface area contributed by atoms with Crippen LogP contribution in [0.1, 0.15) is 22.5 Å². The van der Waals surface area contributed by atoms with E-state index in [9.17, 15) is 4.79 Å². The number of aryl methyl sites for hydroxylation is 2. The number of aromatic nitrogens is 3. The summed E-state index contributed by atoms with van der Waals surface area (Å²) in [6.45, 7) is 4.41. The first-order chi connectivity index (χ1) is 16.0. The second-order valence-corrected chi connectivity index (χ2v) is 9.46. The van der Waals surface area contributed by atoms with E-state index >= 15 is 0 Å². The number of thioether (sulfide) groups is 1. The molecule has 0 atom stereocenters. The smallest absolute Gasteiger partial charge is 0.319 e. The molecule has 0 bridgehead atoms. The average Bonchev–Trinajstić information content (AvgIpc) is 3.20. The van der Waals surface area contributed by atoms with E-state index in [1.165, 1.54) is 16.7 Å². The van der Waals surface area contributed by atoms with Gasteiger partial charge in [0.05, 0.1) is 6.54 Å². The van der Waals surface area contributed by atoms with Crippen molar-refractivity contribution in [3.63, 3.8) is 0 Å². The minimum atomic E-state index is -0.305. The van der Waals surface area contributed by atoms with Gasteiger partial charge in [-0.25, -0.2) is 4.79 Å². The molecule has 1 aromatic heterocycles. The zero-order valence-electron chi connectivity index (χ0n) is 18.4. The summed E-state index contributed by atoms with van der Waals surface area (Å²) in [6.07, 6.45) is 0. The predicted octanol–water partition coefficient (Wildman–Crippen LogP) is 6.26. The van der Waals surface area contributed by atoms with E-state index < -0.39 is 0 Å². The molecular weight excluding hydrogens is 498 g/mol. The minimum absolute atomic E-state index is 0.242. The molecule has 0 saturated carbocycles. The van der Waals surface area contributed by atoms with Gasteiger partial charge in [0.25, 0.3) is 0 Å². The van der Waals surface area contributed by atoms with Gasteiger partial charge in [-0.1, -0.05) is 75.7 Å². The largest absolute Gasteiger partial charge is 0.331 e. The van der Waals surface area contributed by atoms with Gasteiger partial charge in [-0.3, -0.25) is 4.57 Å². The van der Waals surface area contributed by atoms with Crippen molar-refractivity contribution in [1.82, 2.24) is 20.1 Å². The Hall–Kier alpha value is -3.10. The molecule has 4 rings (SSSR count). The van der Waals surface area contributed by atoms with Gasteiger partial charge in [0.1, 0.15) is 0 Å². The fourth-order valence-corrected chi connectivity index (χ4v) is 4.72. The molecule has 2 amide bonds. The monoisotopic (exact) mass is 521 g/mol. The van der Waals surface area contributed by atoms with E-state index in [-0.39, 0.29) is 12.6 Å². The Labute approximate surface area is 206 Å². The molecule has 0 aliphatic heterocycles. The van der Waals surface area contributed by atoms with Crippen molar-refractivity contribution in [3.8, 4) is 5.69 Å². The SMILES string of the molecule is Cc1ccc(-n2c(CNC(=O)Nc3cccc(Br)c3)nnc2SCc2ccccc2C)cc1. The number of hydrogen-bond acceptors (Lipinski definition) is 4. The van der Waals surface area contributed by atoms with Gasteiger partial charge >= 0.3 is 6.03 Å². The van der Waals surface area contributed by atoms with E-state index in [0.717, 1.165) is 21.1 Å². The van der Waals surface area contributed by atoms with Crippen molar-refractivity contribution in [1.29, 1.82) is 0 Å². The summed E-state index contributed by atoms with van der Waals surface area (Å²) in [7, 11) is 0. The van der Waals surface area contributed by atoms with Gasteiger partial charge in [-0.15, -0.1) is 10.2 Å². The minimum Gasteiger partial charge on any atom is -0.331 e. The van der Waals surface area contributed by atoms with Gasteiger partial charge in [-0.2, -0.15) is 0 Å². The van der Waals surface area contributed by atoms with Gasteiger partial charge < -0.3 is 10.6 Å². The van der Waals surface area contributed by atoms with Crippen molar-refractivity contribution in [2.75, 3.05) is 5.32 Å². The van der Waals surface area contributed by atoms with Crippen LogP contribution in [0, 0.1) is 13.8 Å². The molecule has 0 unspecified atom stereocenters. The summed E-state index contributed by atoms with van der Waals surface area (Å²) in [6, 6.07) is 23.7. The van der Waals surface area contributed by atoms with E-state index in [0.29, 0.717) is 11.5 Å². The first kappa shape index (κ1) is 23.1. The molecule has 0 aliphatic rings. The van der Waals surface area contributed by atoms with Crippen LogP contribution in [0.4, 0.5) is 10.5 Å². The van der Waals surface area contributed by atoms with Crippen LogP contribution in [-0.4, -0.2) is 20.8 Å². The molecule has 168 valence electrons. The lowest BCUT2D eigenvalue weighted by molar-refractivity contribution is 0.251. The number of hydrogen-bond donors (Lipinski definition) is 2. The Morgan fingerprint density at radius 3 is 2.55 bits per heavy atom. The van der Waals surface area contributed by atoms with Crippen molar-refractivity contribution in [2.24, 2.45) is 0 Å². The highest BCUT2D eigenvalue weighted by molar-refractivity contribution is 9.10. The summed E-state index contributed by atoms with van der Waals surface area (Å²) in [5.74, 6) is 1.45. The number of carbonyl (C=O) groups excluding carboxylic acids is 1. The Balaban J connectivity index is 1.52. The standard InChI is InChI=1S/C25H24BrN5OS/c1-17-10-12-22(13-11-17)31-23(15-27-24(32)28-21-9-5-8-20(26)14-21)29-30-25(31)33-16-19-7-4-3-6-18(19)2/h3-14H,15-16H2,1-2H3,(H2,27,28,32). The van der Waals surface area contributed by atoms with Crippen molar-refractivity contribution in [2.45, 2.75) is 31.3 Å². The average molecular weight is 522 g/mol. The molecule has 4 aromatic rings. The summed E-state index contributed by atoms with van der Waals surface area (Å²) in [5.41, 5.74) is 5.35. The molecule has 0 radical (unpaired) electrons. The fraction of sp³-hybridized carbons (Fsp3) is 0.160. The fourth-order valence-electron chi connectivity index (χ4n) is 3.28. The number of benzene rings is 3. The number of nitrogens with zero attached hydrogens (tertiary/aromatic N) is 3. The molecule has 3 aromatic carbocycles. The zero-order valence-corrected chi connectivity index (χ0v) is 20.8. The van der Waals surface area contributed by atoms with Crippen LogP contribution >= 0.6 is 27.7 Å². The highest BCUT2D eigenvalue weighted by atomic mass is 79.9. The lowest BCUT2D eigenvalue weighted by Gasteiger charge is -2.12. The quantitative estimate of drug-likeness (QED) is 0.281. The third-order valence-electron chi connectivity index (χ3n) is 5.10. The normalized spacial score (nSPS) is 10.8. The lowest BCUT2D eigenvalue weighted by Crippen LogP contribution is -2.29.